The molecule has 2 aromatic heterocycles. The van der Waals surface area contributed by atoms with Crippen molar-refractivity contribution in [3.05, 3.63) is 87.9 Å². The summed E-state index contributed by atoms with van der Waals surface area (Å²) in [5.74, 6) is -1.01. The molecule has 3 aromatic rings. The van der Waals surface area contributed by atoms with Gasteiger partial charge in [0.15, 0.2) is 0 Å². The van der Waals surface area contributed by atoms with Gasteiger partial charge in [0.1, 0.15) is 12.1 Å². The molecule has 1 aliphatic rings. The number of amides is 5. The Balaban J connectivity index is 1.57. The van der Waals surface area contributed by atoms with Gasteiger partial charge in [-0.2, -0.15) is 0 Å². The Labute approximate surface area is 317 Å². The summed E-state index contributed by atoms with van der Waals surface area (Å²) in [7, 11) is 1.23. The van der Waals surface area contributed by atoms with E-state index in [2.05, 4.69) is 21.0 Å². The Kier molecular flexibility index (Phi) is 14.8. The van der Waals surface area contributed by atoms with E-state index in [1.54, 1.807) is 14.8 Å². The summed E-state index contributed by atoms with van der Waals surface area (Å²) >= 11 is 1.50. The van der Waals surface area contributed by atoms with E-state index in [-0.39, 0.29) is 30.9 Å². The summed E-state index contributed by atoms with van der Waals surface area (Å²) in [6, 6.07) is 16.4. The average molecular weight is 750 g/mol. The lowest BCUT2D eigenvalue weighted by Gasteiger charge is -2.36. The molecular formula is C39H55N7O6S. The van der Waals surface area contributed by atoms with E-state index in [1.165, 1.54) is 18.4 Å². The van der Waals surface area contributed by atoms with Gasteiger partial charge in [-0.3, -0.25) is 20.0 Å². The Morgan fingerprint density at radius 3 is 2.38 bits per heavy atom. The lowest BCUT2D eigenvalue weighted by atomic mass is 9.86. The second-order valence-electron chi connectivity index (χ2n) is 14.7. The molecule has 0 spiro atoms. The maximum Gasteiger partial charge on any atom is 0.407 e. The van der Waals surface area contributed by atoms with E-state index in [4.69, 9.17) is 4.74 Å². The first-order chi connectivity index (χ1) is 25.2. The fourth-order valence-corrected chi connectivity index (χ4v) is 7.12. The zero-order chi connectivity index (χ0) is 38.7. The van der Waals surface area contributed by atoms with Gasteiger partial charge in [-0.1, -0.05) is 83.5 Å². The number of ether oxygens (including phenoxy) is 1. The van der Waals surface area contributed by atoms with Gasteiger partial charge in [0.25, 0.3) is 5.91 Å². The van der Waals surface area contributed by atoms with Crippen molar-refractivity contribution in [1.82, 2.24) is 35.9 Å². The lowest BCUT2D eigenvalue weighted by molar-refractivity contribution is -0.132. The first-order valence-electron chi connectivity index (χ1n) is 18.1. The van der Waals surface area contributed by atoms with Crippen LogP contribution in [0.2, 0.25) is 0 Å². The van der Waals surface area contributed by atoms with E-state index >= 15 is 0 Å². The Morgan fingerprint density at radius 2 is 1.75 bits per heavy atom. The molecule has 53 heavy (non-hydrogen) atoms. The number of aliphatic hydroxyl groups excluding tert-OH is 1. The third kappa shape index (κ3) is 11.7. The normalized spacial score (nSPS) is 16.1. The van der Waals surface area contributed by atoms with Crippen LogP contribution in [-0.4, -0.2) is 99.8 Å². The molecule has 0 radical (unpaired) electrons. The molecule has 14 heteroatoms. The van der Waals surface area contributed by atoms with Crippen LogP contribution in [0.15, 0.2) is 66.0 Å². The van der Waals surface area contributed by atoms with E-state index in [1.807, 2.05) is 108 Å². The number of nitrogens with zero attached hydrogens (tertiary/aromatic N) is 4. The van der Waals surface area contributed by atoms with Crippen LogP contribution in [0.5, 0.6) is 0 Å². The van der Waals surface area contributed by atoms with Crippen LogP contribution in [0, 0.1) is 18.3 Å². The van der Waals surface area contributed by atoms with Crippen molar-refractivity contribution >= 4 is 35.3 Å². The zero-order valence-corrected chi connectivity index (χ0v) is 32.7. The monoisotopic (exact) mass is 749 g/mol. The molecular weight excluding hydrogens is 695 g/mol. The van der Waals surface area contributed by atoms with Gasteiger partial charge in [0.05, 0.1) is 38.0 Å². The number of thiophene rings is 1. The van der Waals surface area contributed by atoms with E-state index in [9.17, 15) is 24.3 Å². The zero-order valence-electron chi connectivity index (χ0n) is 31.9. The largest absolute Gasteiger partial charge is 0.453 e. The molecule has 1 aromatic carbocycles. The van der Waals surface area contributed by atoms with Crippen LogP contribution in [0.25, 0.3) is 0 Å². The number of aryl methyl sites for hydroxylation is 1. The van der Waals surface area contributed by atoms with Crippen molar-refractivity contribution in [1.29, 1.82) is 0 Å². The first kappa shape index (κ1) is 41.2. The molecule has 0 saturated carbocycles. The van der Waals surface area contributed by atoms with Crippen LogP contribution in [0.4, 0.5) is 9.59 Å². The molecule has 3 heterocycles. The predicted molar refractivity (Wildman–Crippen MR) is 204 cm³/mol. The van der Waals surface area contributed by atoms with Gasteiger partial charge in [0, 0.05) is 30.2 Å². The van der Waals surface area contributed by atoms with E-state index in [0.717, 1.165) is 21.8 Å². The first-order valence-corrected chi connectivity index (χ1v) is 19.0. The molecule has 0 aliphatic carbocycles. The quantitative estimate of drug-likeness (QED) is 0.147. The minimum absolute atomic E-state index is 0.0512. The fraction of sp³-hybridized carbons (Fsp3) is 0.513. The number of urea groups is 1. The maximum atomic E-state index is 14.4. The number of aromatic nitrogens is 1. The second-order valence-corrected chi connectivity index (χ2v) is 15.8. The highest BCUT2D eigenvalue weighted by Crippen LogP contribution is 2.24. The topological polar surface area (TPSA) is 156 Å². The molecule has 5 amide bonds. The summed E-state index contributed by atoms with van der Waals surface area (Å²) in [5.41, 5.74) is 4.80. The molecule has 4 rings (SSSR count). The highest BCUT2D eigenvalue weighted by atomic mass is 32.1. The van der Waals surface area contributed by atoms with Gasteiger partial charge >= 0.3 is 12.1 Å². The van der Waals surface area contributed by atoms with Crippen LogP contribution in [-0.2, 0) is 33.8 Å². The van der Waals surface area contributed by atoms with E-state index < -0.39 is 41.6 Å². The number of hydrazine groups is 1. The van der Waals surface area contributed by atoms with Gasteiger partial charge in [-0.15, -0.1) is 11.3 Å². The summed E-state index contributed by atoms with van der Waals surface area (Å²) in [4.78, 5) is 62.9. The summed E-state index contributed by atoms with van der Waals surface area (Å²) in [6.07, 6.45) is -0.938. The van der Waals surface area contributed by atoms with Crippen LogP contribution >= 0.6 is 11.3 Å². The highest BCUT2D eigenvalue weighted by molar-refractivity contribution is 7.09. The summed E-state index contributed by atoms with van der Waals surface area (Å²) < 4.78 is 4.78. The number of hydrogen-bond acceptors (Lipinski definition) is 9. The number of methoxy groups -OCH3 is 1. The molecule has 1 aliphatic heterocycles. The van der Waals surface area contributed by atoms with Crippen LogP contribution < -0.4 is 16.1 Å². The van der Waals surface area contributed by atoms with Crippen molar-refractivity contribution < 1.29 is 29.0 Å². The van der Waals surface area contributed by atoms with Crippen molar-refractivity contribution in [2.24, 2.45) is 11.3 Å². The second kappa shape index (κ2) is 19.0. The predicted octanol–water partition coefficient (Wildman–Crippen LogP) is 4.50. The number of alkyl carbamates (subject to hydrolysis) is 1. The molecule has 0 bridgehead atoms. The Hall–Kier alpha value is -4.53. The molecule has 4 N–H and O–H groups in total. The maximum absolute atomic E-state index is 14.4. The van der Waals surface area contributed by atoms with Crippen molar-refractivity contribution in [2.75, 3.05) is 26.7 Å². The summed E-state index contributed by atoms with van der Waals surface area (Å²) in [5, 5.41) is 21.2. The molecule has 13 nitrogen and oxygen atoms in total. The number of hydrogen-bond donors (Lipinski definition) is 4. The number of rotatable bonds is 17. The number of nitrogens with one attached hydrogen (secondary N) is 3. The standard InChI is InChI=1S/C39H55N7O6S/c1-8-26(2)33(46-20-19-44(38(46)51)23-29-17-12-14-27(3)40-29)35(48)41-31(22-28-15-10-9-11-16-28)32(47)25-45(24-30-18-13-21-53-30)43-36(49)34(39(4,5)6)42-37(50)52-7/h9-18,21,26,31-34,47H,8,19-20,22-25H2,1-7H3,(H,41,48)(H,42,50)(H,43,49). The van der Waals surface area contributed by atoms with Crippen molar-refractivity contribution in [2.45, 2.75) is 91.7 Å². The summed E-state index contributed by atoms with van der Waals surface area (Å²) in [6.45, 7) is 12.7. The van der Waals surface area contributed by atoms with Gasteiger partial charge in [0.2, 0.25) is 5.91 Å². The van der Waals surface area contributed by atoms with Crippen LogP contribution in [0.3, 0.4) is 0 Å². The SMILES string of the molecule is CCC(C)C(C(=O)NC(Cc1ccccc1)C(O)CN(Cc1cccs1)NC(=O)C(NC(=O)OC)C(C)(C)C)N1CCN(Cc2cccc(C)n2)C1=O. The molecule has 288 valence electrons. The van der Waals surface area contributed by atoms with Gasteiger partial charge < -0.3 is 30.3 Å². The third-order valence-electron chi connectivity index (χ3n) is 9.48. The molecule has 5 atom stereocenters. The Morgan fingerprint density at radius 1 is 1.02 bits per heavy atom. The number of benzene rings is 1. The van der Waals surface area contributed by atoms with Crippen LogP contribution in [0.1, 0.15) is 62.9 Å². The average Bonchev–Trinajstić information content (AvgIpc) is 3.76. The van der Waals surface area contributed by atoms with Gasteiger partial charge in [-0.05, 0) is 53.8 Å². The van der Waals surface area contributed by atoms with Crippen molar-refractivity contribution in [3.8, 4) is 0 Å². The lowest BCUT2D eigenvalue weighted by Crippen LogP contribution is -2.60. The third-order valence-corrected chi connectivity index (χ3v) is 10.3. The molecule has 1 fully saturated rings. The minimum atomic E-state index is -1.16. The number of aliphatic hydroxyl groups is 1. The smallest absolute Gasteiger partial charge is 0.407 e. The number of carbonyl (C=O) groups excluding carboxylic acids is 4. The Bertz CT molecular complexity index is 1650. The number of pyridine rings is 1. The highest BCUT2D eigenvalue weighted by Gasteiger charge is 2.41. The molecule has 1 saturated heterocycles. The minimum Gasteiger partial charge on any atom is -0.453 e. The van der Waals surface area contributed by atoms with E-state index in [0.29, 0.717) is 32.5 Å². The molecule has 5 unspecified atom stereocenters. The van der Waals surface area contributed by atoms with Crippen molar-refractivity contribution in [3.63, 3.8) is 0 Å². The fourth-order valence-electron chi connectivity index (χ4n) is 6.40. The number of carbonyl (C=O) groups is 4. The van der Waals surface area contributed by atoms with Gasteiger partial charge in [-0.25, -0.2) is 14.6 Å².